The van der Waals surface area contributed by atoms with Crippen LogP contribution in [0, 0.1) is 0 Å². The number of carboxylic acid groups (broad SMARTS) is 2. The molecule has 0 radical (unpaired) electrons. The van der Waals surface area contributed by atoms with Gasteiger partial charge >= 0.3 is 5.97 Å². The van der Waals surface area contributed by atoms with Crippen LogP contribution in [0.3, 0.4) is 0 Å². The quantitative estimate of drug-likeness (QED) is 0.0499. The molecule has 0 unspecified atom stereocenters. The molecule has 0 saturated heterocycles. The average molecular weight is 874 g/mol. The van der Waals surface area contributed by atoms with E-state index in [1.54, 1.807) is 19.1 Å². The molecule has 0 bridgehead atoms. The van der Waals surface area contributed by atoms with Gasteiger partial charge in [-0.1, -0.05) is 79.4 Å². The van der Waals surface area contributed by atoms with Gasteiger partial charge in [0.25, 0.3) is 11.9 Å². The van der Waals surface area contributed by atoms with Crippen LogP contribution in [-0.4, -0.2) is 33.2 Å². The van der Waals surface area contributed by atoms with Gasteiger partial charge in [-0.3, -0.25) is 9.59 Å². The molecule has 10 heteroatoms. The van der Waals surface area contributed by atoms with Crippen molar-refractivity contribution in [3.05, 3.63) is 182 Å². The lowest BCUT2D eigenvalue weighted by Gasteiger charge is -2.09. The van der Waals surface area contributed by atoms with E-state index >= 15 is 0 Å². The van der Waals surface area contributed by atoms with Gasteiger partial charge in [0.1, 0.15) is 11.5 Å². The Morgan fingerprint density at radius 1 is 0.463 bits per heavy atom. The number of ether oxygens (including phenoxy) is 1. The van der Waals surface area contributed by atoms with E-state index in [0.717, 1.165) is 13.8 Å². The summed E-state index contributed by atoms with van der Waals surface area (Å²) in [5, 5.41) is 24.3. The third kappa shape index (κ3) is 15.7. The van der Waals surface area contributed by atoms with Crippen molar-refractivity contribution in [1.82, 2.24) is 0 Å². The molecule has 0 aliphatic heterocycles. The molecular formula is C44H42IO7S2+. The highest BCUT2D eigenvalue weighted by molar-refractivity contribution is 7.97. The maximum atomic E-state index is 11.7. The summed E-state index contributed by atoms with van der Waals surface area (Å²) in [7, 11) is -0.336. The third-order valence-corrected chi connectivity index (χ3v) is 11.1. The lowest BCUT2D eigenvalue weighted by molar-refractivity contribution is -0.135. The number of phenolic OH excluding ortho intramolecular Hbond substituents is 1. The third-order valence-electron chi connectivity index (χ3n) is 6.61. The predicted octanol–water partition coefficient (Wildman–Crippen LogP) is 6.94. The van der Waals surface area contributed by atoms with Crippen LogP contribution in [0.25, 0.3) is 0 Å². The molecule has 0 amide bonds. The Hall–Kier alpha value is -5.30. The van der Waals surface area contributed by atoms with Gasteiger partial charge in [-0.25, -0.2) is 4.79 Å². The fraction of sp³-hybridized carbons (Fsp3) is 0.0682. The number of carbonyl (C=O) groups is 3. The number of phenols is 1. The largest absolute Gasteiger partial charge is 1.00 e. The van der Waals surface area contributed by atoms with E-state index < -0.39 is 17.9 Å². The van der Waals surface area contributed by atoms with Crippen LogP contribution in [0.4, 0.5) is 0 Å². The smallest absolute Gasteiger partial charge is 0.338 e. The second-order valence-electron chi connectivity index (χ2n) is 11.0. The Kier molecular flexibility index (Phi) is 20.0. The van der Waals surface area contributed by atoms with Crippen molar-refractivity contribution in [2.24, 2.45) is 0 Å². The molecule has 0 atom stereocenters. The van der Waals surface area contributed by atoms with Crippen molar-refractivity contribution >= 4 is 39.7 Å². The number of hydrogen-bond acceptors (Lipinski definition) is 5. The van der Waals surface area contributed by atoms with Gasteiger partial charge in [0.15, 0.2) is 29.4 Å². The van der Waals surface area contributed by atoms with E-state index in [-0.39, 0.29) is 45.8 Å². The molecule has 0 fully saturated rings. The number of hydrogen-bond donors (Lipinski definition) is 3. The van der Waals surface area contributed by atoms with E-state index in [2.05, 4.69) is 104 Å². The lowest BCUT2D eigenvalue weighted by Crippen LogP contribution is -3.00. The molecule has 278 valence electrons. The maximum Gasteiger partial charge on any atom is 0.338 e. The highest BCUT2D eigenvalue weighted by Crippen LogP contribution is 2.33. The lowest BCUT2D eigenvalue weighted by atomic mass is 10.3. The van der Waals surface area contributed by atoms with Crippen LogP contribution >= 0.6 is 0 Å². The summed E-state index contributed by atoms with van der Waals surface area (Å²) in [6.07, 6.45) is 0. The number of aliphatic carboxylic acids is 2. The van der Waals surface area contributed by atoms with Crippen molar-refractivity contribution in [1.29, 1.82) is 0 Å². The molecule has 0 spiro atoms. The van der Waals surface area contributed by atoms with Gasteiger partial charge in [0.05, 0.1) is 21.8 Å². The van der Waals surface area contributed by atoms with Gasteiger partial charge < -0.3 is 44.0 Å². The summed E-state index contributed by atoms with van der Waals surface area (Å²) in [5.41, 5.74) is 0.386. The molecular weight excluding hydrogens is 832 g/mol. The SMILES string of the molecule is C=C(C)C(=O)Oc1ccc([S+](c2ccccc2)c2ccccc2)cc1.CC(=O)O.CC(=O)O.Oc1ccc([S+](c2ccccc2)c2ccccc2)cc1.[I-]. The molecule has 0 aliphatic rings. The monoisotopic (exact) mass is 873 g/mol. The van der Waals surface area contributed by atoms with E-state index in [1.165, 1.54) is 29.4 Å². The molecule has 7 nitrogen and oxygen atoms in total. The first kappa shape index (κ1) is 44.9. The minimum Gasteiger partial charge on any atom is -1.00 e. The minimum absolute atomic E-state index is 0. The van der Waals surface area contributed by atoms with Gasteiger partial charge in [0.2, 0.25) is 0 Å². The van der Waals surface area contributed by atoms with Gasteiger partial charge in [-0.2, -0.15) is 0 Å². The molecule has 0 heterocycles. The van der Waals surface area contributed by atoms with Crippen LogP contribution < -0.4 is 28.7 Å². The van der Waals surface area contributed by atoms with Gasteiger partial charge in [-0.05, 0) is 104 Å². The first-order chi connectivity index (χ1) is 25.5. The van der Waals surface area contributed by atoms with Crippen LogP contribution in [0.1, 0.15) is 20.8 Å². The predicted molar refractivity (Wildman–Crippen MR) is 212 cm³/mol. The standard InChI is InChI=1S/C22H19O2S.C18H14OS.2C2H4O2.HI/c1-17(2)22(23)24-18-13-15-21(16-14-18)25(19-9-5-3-6-10-19)20-11-7-4-8-12-20;19-15-11-13-18(14-12-15)20(16-7-3-1-4-8-16)17-9-5-2-6-10-17;2*1-2(3)4;/h3-16H,1H2,2H3;1-14H;2*1H3,(H,3,4);1H/q+1;;;;. The normalized spacial score (nSPS) is 9.72. The topological polar surface area (TPSA) is 121 Å². The summed E-state index contributed by atoms with van der Waals surface area (Å²) in [6.45, 7) is 7.41. The van der Waals surface area contributed by atoms with Crippen LogP contribution in [0.2, 0.25) is 0 Å². The number of benzene rings is 6. The van der Waals surface area contributed by atoms with Gasteiger partial charge in [0, 0.05) is 19.4 Å². The Morgan fingerprint density at radius 3 is 0.963 bits per heavy atom. The van der Waals surface area contributed by atoms with Crippen molar-refractivity contribution < 1.29 is 58.4 Å². The second-order valence-corrected chi connectivity index (χ2v) is 15.1. The van der Waals surface area contributed by atoms with E-state index in [9.17, 15) is 9.90 Å². The number of rotatable bonds is 8. The number of aromatic hydroxyl groups is 1. The summed E-state index contributed by atoms with van der Waals surface area (Å²) >= 11 is 0. The molecule has 54 heavy (non-hydrogen) atoms. The first-order valence-corrected chi connectivity index (χ1v) is 18.8. The molecule has 0 aromatic heterocycles. The molecule has 6 aromatic rings. The Labute approximate surface area is 339 Å². The fourth-order valence-corrected chi connectivity index (χ4v) is 8.63. The summed E-state index contributed by atoms with van der Waals surface area (Å²) in [4.78, 5) is 37.1. The maximum absolute atomic E-state index is 11.7. The fourth-order valence-electron chi connectivity index (χ4n) is 4.46. The average Bonchev–Trinajstić information content (AvgIpc) is 3.15. The van der Waals surface area contributed by atoms with Crippen molar-refractivity contribution in [2.75, 3.05) is 0 Å². The minimum atomic E-state index is -0.833. The molecule has 0 saturated carbocycles. The summed E-state index contributed by atoms with van der Waals surface area (Å²) in [6, 6.07) is 57.0. The number of carbonyl (C=O) groups excluding carboxylic acids is 1. The highest BCUT2D eigenvalue weighted by Gasteiger charge is 2.29. The van der Waals surface area contributed by atoms with Crippen molar-refractivity contribution in [3.8, 4) is 11.5 Å². The van der Waals surface area contributed by atoms with Crippen LogP contribution in [0.5, 0.6) is 11.5 Å². The number of carboxylic acids is 2. The first-order valence-electron chi connectivity index (χ1n) is 16.3. The molecule has 6 aromatic carbocycles. The molecule has 3 N–H and O–H groups in total. The second kappa shape index (κ2) is 24.1. The zero-order valence-corrected chi connectivity index (χ0v) is 33.8. The summed E-state index contributed by atoms with van der Waals surface area (Å²) in [5.74, 6) is -1.24. The summed E-state index contributed by atoms with van der Waals surface area (Å²) < 4.78 is 5.29. The number of esters is 1. The zero-order chi connectivity index (χ0) is 38.6. The highest BCUT2D eigenvalue weighted by atomic mass is 127. The van der Waals surface area contributed by atoms with Crippen LogP contribution in [-0.2, 0) is 36.2 Å². The molecule has 0 aliphatic carbocycles. The van der Waals surface area contributed by atoms with E-state index in [1.807, 2.05) is 60.7 Å². The Balaban J connectivity index is 0.000000311. The van der Waals surface area contributed by atoms with Crippen molar-refractivity contribution in [2.45, 2.75) is 50.1 Å². The number of halogens is 1. The van der Waals surface area contributed by atoms with Gasteiger partial charge in [-0.15, -0.1) is 0 Å². The van der Waals surface area contributed by atoms with Crippen LogP contribution in [0.15, 0.2) is 211 Å². The zero-order valence-electron chi connectivity index (χ0n) is 30.0. The van der Waals surface area contributed by atoms with E-state index in [0.29, 0.717) is 17.1 Å². The van der Waals surface area contributed by atoms with E-state index in [4.69, 9.17) is 24.5 Å². The van der Waals surface area contributed by atoms with Crippen molar-refractivity contribution in [3.63, 3.8) is 0 Å². The molecule has 6 rings (SSSR count). The Bertz CT molecular complexity index is 1910. The Morgan fingerprint density at radius 2 is 0.704 bits per heavy atom.